The largest absolute Gasteiger partial charge is 0.493 e. The lowest BCUT2D eigenvalue weighted by atomic mass is 10.2. The van der Waals surface area contributed by atoms with Gasteiger partial charge in [0.25, 0.3) is 5.91 Å². The van der Waals surface area contributed by atoms with E-state index in [1.807, 2.05) is 42.5 Å². The zero-order valence-corrected chi connectivity index (χ0v) is 11.4. The maximum Gasteiger partial charge on any atom is 0.267 e. The van der Waals surface area contributed by atoms with Crippen molar-refractivity contribution in [1.29, 1.82) is 0 Å². The highest BCUT2D eigenvalue weighted by molar-refractivity contribution is 5.90. The molecular weight excluding hydrogens is 268 g/mol. The minimum atomic E-state index is -0.564. The lowest BCUT2D eigenvalue weighted by Crippen LogP contribution is -2.14. The topological polar surface area (TPSA) is 71.5 Å². The highest BCUT2D eigenvalue weighted by Gasteiger charge is 1.97. The van der Waals surface area contributed by atoms with Crippen molar-refractivity contribution in [1.82, 2.24) is 10.5 Å². The van der Waals surface area contributed by atoms with Crippen LogP contribution in [0.4, 0.5) is 0 Å². The smallest absolute Gasteiger partial charge is 0.267 e. The van der Waals surface area contributed by atoms with Gasteiger partial charge in [0.05, 0.1) is 6.61 Å². The molecule has 0 radical (unpaired) electrons. The Morgan fingerprint density at radius 1 is 1.24 bits per heavy atom. The first kappa shape index (κ1) is 14.7. The first-order valence-corrected chi connectivity index (χ1v) is 6.53. The number of hydroxylamine groups is 1. The average molecular weight is 284 g/mol. The van der Waals surface area contributed by atoms with Crippen LogP contribution in [0.3, 0.4) is 0 Å². The fourth-order valence-electron chi connectivity index (χ4n) is 1.70. The van der Waals surface area contributed by atoms with E-state index in [2.05, 4.69) is 4.98 Å². The molecule has 0 saturated carbocycles. The first-order chi connectivity index (χ1) is 10.3. The minimum absolute atomic E-state index is 0.555. The Kier molecular flexibility index (Phi) is 5.49. The van der Waals surface area contributed by atoms with E-state index in [4.69, 9.17) is 9.94 Å². The number of carbonyl (C=O) groups excluding carboxylic acids is 1. The van der Waals surface area contributed by atoms with Crippen molar-refractivity contribution in [3.05, 3.63) is 66.0 Å². The van der Waals surface area contributed by atoms with Gasteiger partial charge in [-0.05, 0) is 35.9 Å². The summed E-state index contributed by atoms with van der Waals surface area (Å²) in [5.41, 5.74) is 3.37. The monoisotopic (exact) mass is 284 g/mol. The van der Waals surface area contributed by atoms with E-state index in [0.717, 1.165) is 23.4 Å². The van der Waals surface area contributed by atoms with Crippen molar-refractivity contribution in [2.24, 2.45) is 0 Å². The highest BCUT2D eigenvalue weighted by atomic mass is 16.5. The van der Waals surface area contributed by atoms with Gasteiger partial charge in [-0.2, -0.15) is 0 Å². The van der Waals surface area contributed by atoms with Crippen molar-refractivity contribution < 1.29 is 14.7 Å². The number of rotatable bonds is 6. The van der Waals surface area contributed by atoms with Gasteiger partial charge in [0.2, 0.25) is 0 Å². The Bertz CT molecular complexity index is 595. The van der Waals surface area contributed by atoms with E-state index in [9.17, 15) is 4.79 Å². The van der Waals surface area contributed by atoms with Crippen molar-refractivity contribution >= 4 is 12.0 Å². The number of nitrogens with zero attached hydrogens (tertiary/aromatic N) is 1. The zero-order valence-electron chi connectivity index (χ0n) is 11.4. The van der Waals surface area contributed by atoms with Gasteiger partial charge in [0, 0.05) is 24.4 Å². The Hall–Kier alpha value is -2.66. The second-order valence-electron chi connectivity index (χ2n) is 4.30. The molecule has 0 aliphatic carbocycles. The summed E-state index contributed by atoms with van der Waals surface area (Å²) in [7, 11) is 0. The second-order valence-corrected chi connectivity index (χ2v) is 4.30. The number of pyridine rings is 1. The molecule has 108 valence electrons. The molecule has 21 heavy (non-hydrogen) atoms. The summed E-state index contributed by atoms with van der Waals surface area (Å²) >= 11 is 0. The van der Waals surface area contributed by atoms with Crippen LogP contribution in [0.2, 0.25) is 0 Å². The van der Waals surface area contributed by atoms with Gasteiger partial charge in [0.1, 0.15) is 5.75 Å². The standard InChI is InChI=1S/C16H16N2O3/c19-16(18-20)9-6-13-4-7-15(8-5-13)21-12-10-14-3-1-2-11-17-14/h1-9,11,20H,10,12H2,(H,18,19). The molecule has 5 heteroatoms. The van der Waals surface area contributed by atoms with Crippen molar-refractivity contribution in [2.75, 3.05) is 6.61 Å². The minimum Gasteiger partial charge on any atom is -0.493 e. The molecule has 0 spiro atoms. The van der Waals surface area contributed by atoms with Crippen LogP contribution in [-0.2, 0) is 11.2 Å². The van der Waals surface area contributed by atoms with E-state index in [1.165, 1.54) is 11.6 Å². The number of hydrogen-bond acceptors (Lipinski definition) is 4. The Morgan fingerprint density at radius 3 is 2.71 bits per heavy atom. The van der Waals surface area contributed by atoms with Crippen LogP contribution < -0.4 is 10.2 Å². The van der Waals surface area contributed by atoms with Gasteiger partial charge < -0.3 is 4.74 Å². The van der Waals surface area contributed by atoms with Gasteiger partial charge in [-0.15, -0.1) is 0 Å². The summed E-state index contributed by atoms with van der Waals surface area (Å²) < 4.78 is 5.63. The van der Waals surface area contributed by atoms with Crippen molar-refractivity contribution in [2.45, 2.75) is 6.42 Å². The average Bonchev–Trinajstić information content (AvgIpc) is 2.55. The number of ether oxygens (including phenoxy) is 1. The lowest BCUT2D eigenvalue weighted by Gasteiger charge is -2.06. The number of nitrogens with one attached hydrogen (secondary N) is 1. The SMILES string of the molecule is O=C(C=Cc1ccc(OCCc2ccccn2)cc1)NO. The van der Waals surface area contributed by atoms with Crippen LogP contribution in [0.15, 0.2) is 54.7 Å². The molecule has 0 saturated heterocycles. The van der Waals surface area contributed by atoms with E-state index in [0.29, 0.717) is 6.61 Å². The predicted molar refractivity (Wildman–Crippen MR) is 78.8 cm³/mol. The molecule has 0 aliphatic rings. The first-order valence-electron chi connectivity index (χ1n) is 6.53. The molecule has 0 fully saturated rings. The maximum atomic E-state index is 10.8. The van der Waals surface area contributed by atoms with Crippen LogP contribution in [0.1, 0.15) is 11.3 Å². The molecule has 2 aromatic rings. The molecule has 0 atom stereocenters. The molecule has 1 aromatic heterocycles. The molecule has 0 unspecified atom stereocenters. The van der Waals surface area contributed by atoms with Crippen LogP contribution in [0.5, 0.6) is 5.75 Å². The molecule has 5 nitrogen and oxygen atoms in total. The highest BCUT2D eigenvalue weighted by Crippen LogP contribution is 2.13. The molecule has 1 heterocycles. The lowest BCUT2D eigenvalue weighted by molar-refractivity contribution is -0.124. The molecular formula is C16H16N2O3. The fourth-order valence-corrected chi connectivity index (χ4v) is 1.70. The van der Waals surface area contributed by atoms with Crippen LogP contribution in [0, 0.1) is 0 Å². The quantitative estimate of drug-likeness (QED) is 0.485. The van der Waals surface area contributed by atoms with E-state index in [1.54, 1.807) is 12.3 Å². The van der Waals surface area contributed by atoms with Gasteiger partial charge in [-0.1, -0.05) is 18.2 Å². The van der Waals surface area contributed by atoms with Gasteiger partial charge in [0.15, 0.2) is 0 Å². The van der Waals surface area contributed by atoms with Gasteiger partial charge in [-0.3, -0.25) is 15.0 Å². The third-order valence-corrected chi connectivity index (χ3v) is 2.77. The molecule has 1 amide bonds. The molecule has 2 rings (SSSR count). The third kappa shape index (κ3) is 5.08. The van der Waals surface area contributed by atoms with E-state index >= 15 is 0 Å². The second kappa shape index (κ2) is 7.81. The zero-order chi connectivity index (χ0) is 14.9. The molecule has 1 aromatic carbocycles. The van der Waals surface area contributed by atoms with Gasteiger partial charge >= 0.3 is 0 Å². The maximum absolute atomic E-state index is 10.8. The summed E-state index contributed by atoms with van der Waals surface area (Å²) in [6.07, 6.45) is 5.36. The number of carbonyl (C=O) groups is 1. The summed E-state index contributed by atoms with van der Waals surface area (Å²) in [5, 5.41) is 8.37. The van der Waals surface area contributed by atoms with E-state index < -0.39 is 5.91 Å². The van der Waals surface area contributed by atoms with Crippen molar-refractivity contribution in [3.63, 3.8) is 0 Å². The number of amides is 1. The fraction of sp³-hybridized carbons (Fsp3) is 0.125. The number of benzene rings is 1. The number of aromatic nitrogens is 1. The van der Waals surface area contributed by atoms with E-state index in [-0.39, 0.29) is 0 Å². The van der Waals surface area contributed by atoms with Crippen LogP contribution in [-0.4, -0.2) is 22.7 Å². The summed E-state index contributed by atoms with van der Waals surface area (Å²) in [6.45, 7) is 0.555. The summed E-state index contributed by atoms with van der Waals surface area (Å²) in [4.78, 5) is 15.1. The van der Waals surface area contributed by atoms with Gasteiger partial charge in [-0.25, -0.2) is 5.48 Å². The van der Waals surface area contributed by atoms with Crippen LogP contribution >= 0.6 is 0 Å². The summed E-state index contributed by atoms with van der Waals surface area (Å²) in [5.74, 6) is 0.195. The summed E-state index contributed by atoms with van der Waals surface area (Å²) in [6, 6.07) is 13.1. The number of hydrogen-bond donors (Lipinski definition) is 2. The third-order valence-electron chi connectivity index (χ3n) is 2.77. The Labute approximate surface area is 122 Å². The molecule has 0 bridgehead atoms. The Balaban J connectivity index is 1.82. The normalized spacial score (nSPS) is 10.5. The Morgan fingerprint density at radius 2 is 2.05 bits per heavy atom. The van der Waals surface area contributed by atoms with Crippen molar-refractivity contribution in [3.8, 4) is 5.75 Å². The van der Waals surface area contributed by atoms with Crippen LogP contribution in [0.25, 0.3) is 6.08 Å². The molecule has 2 N–H and O–H groups in total. The molecule has 0 aliphatic heterocycles. The predicted octanol–water partition coefficient (Wildman–Crippen LogP) is 2.22.